The van der Waals surface area contributed by atoms with Crippen molar-refractivity contribution in [3.05, 3.63) is 29.0 Å². The molecule has 1 rings (SSSR count). The predicted octanol–water partition coefficient (Wildman–Crippen LogP) is 1.26. The highest BCUT2D eigenvalue weighted by Gasteiger charge is 2.04. The lowest BCUT2D eigenvalue weighted by atomic mass is 10.2. The standard InChI is InChI=1S/C10H13NO3/c1-11(12)7-8-6-9(13-2)4-5-10(8)14-3/h4-7H,1-3H3/b11-7-. The van der Waals surface area contributed by atoms with E-state index in [1.165, 1.54) is 13.3 Å². The van der Waals surface area contributed by atoms with E-state index in [-0.39, 0.29) is 0 Å². The fourth-order valence-corrected chi connectivity index (χ4v) is 1.14. The Bertz CT molecular complexity index is 343. The van der Waals surface area contributed by atoms with Gasteiger partial charge in [0.15, 0.2) is 6.21 Å². The lowest BCUT2D eigenvalue weighted by Crippen LogP contribution is -2.00. The van der Waals surface area contributed by atoms with Crippen LogP contribution in [0.15, 0.2) is 18.2 Å². The summed E-state index contributed by atoms with van der Waals surface area (Å²) in [4.78, 5) is 0. The van der Waals surface area contributed by atoms with E-state index in [1.807, 2.05) is 0 Å². The molecule has 0 spiro atoms. The molecule has 0 unspecified atom stereocenters. The quantitative estimate of drug-likeness (QED) is 0.315. The van der Waals surface area contributed by atoms with Crippen LogP contribution in [0.5, 0.6) is 11.5 Å². The van der Waals surface area contributed by atoms with Crippen molar-refractivity contribution in [3.8, 4) is 11.5 Å². The molecule has 4 nitrogen and oxygen atoms in total. The van der Waals surface area contributed by atoms with Gasteiger partial charge in [0, 0.05) is 0 Å². The summed E-state index contributed by atoms with van der Waals surface area (Å²) in [5.41, 5.74) is 0.698. The van der Waals surface area contributed by atoms with Crippen molar-refractivity contribution in [3.63, 3.8) is 0 Å². The van der Waals surface area contributed by atoms with Gasteiger partial charge >= 0.3 is 0 Å². The molecule has 0 N–H and O–H groups in total. The van der Waals surface area contributed by atoms with E-state index in [4.69, 9.17) is 9.47 Å². The monoisotopic (exact) mass is 195 g/mol. The maximum atomic E-state index is 10.8. The van der Waals surface area contributed by atoms with E-state index in [0.717, 1.165) is 4.74 Å². The molecule has 0 heterocycles. The minimum atomic E-state index is 0.647. The minimum absolute atomic E-state index is 0.647. The van der Waals surface area contributed by atoms with E-state index in [2.05, 4.69) is 0 Å². The highest BCUT2D eigenvalue weighted by molar-refractivity contribution is 5.80. The molecule has 4 heteroatoms. The molecule has 1 aromatic carbocycles. The summed E-state index contributed by atoms with van der Waals surface area (Å²) in [6, 6.07) is 5.28. The summed E-state index contributed by atoms with van der Waals surface area (Å²) in [5.74, 6) is 1.34. The van der Waals surface area contributed by atoms with Crippen LogP contribution in [0, 0.1) is 5.21 Å². The Morgan fingerprint density at radius 1 is 1.29 bits per heavy atom. The summed E-state index contributed by atoms with van der Waals surface area (Å²) < 4.78 is 10.9. The molecular formula is C10H13NO3. The highest BCUT2D eigenvalue weighted by Crippen LogP contribution is 2.21. The Labute approximate surface area is 83.0 Å². The first kappa shape index (κ1) is 10.4. The van der Waals surface area contributed by atoms with Crippen LogP contribution in [0.25, 0.3) is 0 Å². The van der Waals surface area contributed by atoms with Crippen LogP contribution in [0.1, 0.15) is 5.56 Å². The van der Waals surface area contributed by atoms with Gasteiger partial charge in [-0.2, -0.15) is 0 Å². The zero-order valence-corrected chi connectivity index (χ0v) is 8.48. The molecule has 0 aliphatic rings. The Kier molecular flexibility index (Phi) is 3.34. The topological polar surface area (TPSA) is 44.5 Å². The largest absolute Gasteiger partial charge is 0.624 e. The van der Waals surface area contributed by atoms with Crippen molar-refractivity contribution >= 4 is 6.21 Å². The van der Waals surface area contributed by atoms with E-state index >= 15 is 0 Å². The van der Waals surface area contributed by atoms with Crippen LogP contribution in [-0.4, -0.2) is 32.2 Å². The molecule has 0 radical (unpaired) electrons. The van der Waals surface area contributed by atoms with E-state index in [0.29, 0.717) is 17.1 Å². The number of benzene rings is 1. The maximum Gasteiger partial charge on any atom is 0.185 e. The smallest absolute Gasteiger partial charge is 0.185 e. The van der Waals surface area contributed by atoms with E-state index in [9.17, 15) is 5.21 Å². The molecule has 0 aliphatic carbocycles. The van der Waals surface area contributed by atoms with Crippen molar-refractivity contribution < 1.29 is 14.2 Å². The molecule has 0 bridgehead atoms. The first-order valence-electron chi connectivity index (χ1n) is 4.14. The van der Waals surface area contributed by atoms with Gasteiger partial charge in [0.25, 0.3) is 0 Å². The zero-order chi connectivity index (χ0) is 10.6. The minimum Gasteiger partial charge on any atom is -0.624 e. The molecule has 0 amide bonds. The average molecular weight is 195 g/mol. The van der Waals surface area contributed by atoms with Gasteiger partial charge in [-0.1, -0.05) is 0 Å². The number of hydrogen-bond donors (Lipinski definition) is 0. The van der Waals surface area contributed by atoms with Crippen molar-refractivity contribution in [2.24, 2.45) is 0 Å². The zero-order valence-electron chi connectivity index (χ0n) is 8.48. The van der Waals surface area contributed by atoms with Crippen molar-refractivity contribution in [2.45, 2.75) is 0 Å². The Balaban J connectivity index is 3.15. The van der Waals surface area contributed by atoms with Gasteiger partial charge in [-0.25, -0.2) is 4.74 Å². The molecule has 14 heavy (non-hydrogen) atoms. The number of ether oxygens (including phenoxy) is 2. The molecule has 0 saturated heterocycles. The van der Waals surface area contributed by atoms with Crippen molar-refractivity contribution in [2.75, 3.05) is 21.3 Å². The molecule has 0 aliphatic heterocycles. The van der Waals surface area contributed by atoms with Gasteiger partial charge in [-0.15, -0.1) is 0 Å². The average Bonchev–Trinajstić information content (AvgIpc) is 2.16. The number of nitrogens with zero attached hydrogens (tertiary/aromatic N) is 1. The van der Waals surface area contributed by atoms with Crippen LogP contribution in [0.3, 0.4) is 0 Å². The second-order valence-corrected chi connectivity index (χ2v) is 2.78. The van der Waals surface area contributed by atoms with Crippen molar-refractivity contribution in [1.29, 1.82) is 0 Å². The third-order valence-corrected chi connectivity index (χ3v) is 1.76. The third-order valence-electron chi connectivity index (χ3n) is 1.76. The van der Waals surface area contributed by atoms with Gasteiger partial charge < -0.3 is 14.7 Å². The normalized spacial score (nSPS) is 11.2. The first-order chi connectivity index (χ1) is 6.67. The van der Waals surface area contributed by atoms with Gasteiger partial charge in [-0.05, 0) is 18.2 Å². The van der Waals surface area contributed by atoms with Crippen LogP contribution < -0.4 is 9.47 Å². The fourth-order valence-electron chi connectivity index (χ4n) is 1.14. The lowest BCUT2D eigenvalue weighted by Gasteiger charge is -2.06. The van der Waals surface area contributed by atoms with Gasteiger partial charge in [-0.3, -0.25) is 0 Å². The number of hydrogen-bond acceptors (Lipinski definition) is 3. The summed E-state index contributed by atoms with van der Waals surface area (Å²) in [6.07, 6.45) is 1.43. The first-order valence-corrected chi connectivity index (χ1v) is 4.14. The van der Waals surface area contributed by atoms with Crippen LogP contribution in [-0.2, 0) is 0 Å². The molecular weight excluding hydrogens is 182 g/mol. The summed E-state index contributed by atoms with van der Waals surface area (Å²) in [7, 11) is 4.55. The number of hydroxylamine groups is 1. The predicted molar refractivity (Wildman–Crippen MR) is 54.3 cm³/mol. The summed E-state index contributed by atoms with van der Waals surface area (Å²) in [5, 5.41) is 10.8. The molecule has 0 saturated carbocycles. The highest BCUT2D eigenvalue weighted by atomic mass is 16.5. The molecule has 0 atom stereocenters. The Morgan fingerprint density at radius 2 is 2.00 bits per heavy atom. The summed E-state index contributed by atoms with van der Waals surface area (Å²) in [6.45, 7) is 0. The fraction of sp³-hybridized carbons (Fsp3) is 0.300. The Hall–Kier alpha value is -1.71. The third kappa shape index (κ3) is 2.39. The molecule has 0 aromatic heterocycles. The second-order valence-electron chi connectivity index (χ2n) is 2.78. The van der Waals surface area contributed by atoms with Crippen LogP contribution in [0.4, 0.5) is 0 Å². The summed E-state index contributed by atoms with van der Waals surface area (Å²) >= 11 is 0. The number of rotatable bonds is 3. The molecule has 0 fully saturated rings. The van der Waals surface area contributed by atoms with Gasteiger partial charge in [0.05, 0.1) is 19.8 Å². The number of methoxy groups -OCH3 is 2. The van der Waals surface area contributed by atoms with Crippen molar-refractivity contribution in [1.82, 2.24) is 0 Å². The Morgan fingerprint density at radius 3 is 2.50 bits per heavy atom. The second kappa shape index (κ2) is 4.50. The SMILES string of the molecule is COc1ccc(OC)c(/C=[N+](/C)[O-])c1. The molecule has 1 aromatic rings. The van der Waals surface area contributed by atoms with Gasteiger partial charge in [0.1, 0.15) is 18.5 Å². The van der Waals surface area contributed by atoms with E-state index in [1.54, 1.807) is 32.4 Å². The van der Waals surface area contributed by atoms with E-state index < -0.39 is 0 Å². The maximum absolute atomic E-state index is 10.8. The van der Waals surface area contributed by atoms with Crippen LogP contribution in [0.2, 0.25) is 0 Å². The van der Waals surface area contributed by atoms with Crippen LogP contribution >= 0.6 is 0 Å². The lowest BCUT2D eigenvalue weighted by molar-refractivity contribution is -0.416. The van der Waals surface area contributed by atoms with Gasteiger partial charge in [0.2, 0.25) is 0 Å². The molecule has 76 valence electrons.